The van der Waals surface area contributed by atoms with Gasteiger partial charge in [0.05, 0.1) is 6.10 Å². The van der Waals surface area contributed by atoms with E-state index in [2.05, 4.69) is 10.3 Å². The standard InChI is InChI=1S/C14H23N3O3S/c1-3-15-9-12-6-7-14(16-10-12)21(18,19)17(2)11-13-5-4-8-20-13/h6-7,10,13,15H,3-5,8-9,11H2,1-2H3. The van der Waals surface area contributed by atoms with Crippen molar-refractivity contribution in [3.8, 4) is 0 Å². The third-order valence-electron chi connectivity index (χ3n) is 3.54. The van der Waals surface area contributed by atoms with Gasteiger partial charge in [-0.2, -0.15) is 4.31 Å². The lowest BCUT2D eigenvalue weighted by atomic mass is 10.2. The smallest absolute Gasteiger partial charge is 0.260 e. The van der Waals surface area contributed by atoms with Crippen molar-refractivity contribution in [1.82, 2.24) is 14.6 Å². The molecule has 0 bridgehead atoms. The van der Waals surface area contributed by atoms with Crippen molar-refractivity contribution in [2.45, 2.75) is 37.4 Å². The second-order valence-electron chi connectivity index (χ2n) is 5.21. The molecule has 0 aromatic carbocycles. The molecule has 1 aromatic rings. The molecule has 1 aromatic heterocycles. The van der Waals surface area contributed by atoms with Gasteiger partial charge in [0.2, 0.25) is 0 Å². The predicted octanol–water partition coefficient (Wildman–Crippen LogP) is 0.991. The number of sulfonamides is 1. The highest BCUT2D eigenvalue weighted by Gasteiger charge is 2.26. The van der Waals surface area contributed by atoms with Crippen molar-refractivity contribution >= 4 is 10.0 Å². The van der Waals surface area contributed by atoms with E-state index >= 15 is 0 Å². The van der Waals surface area contributed by atoms with E-state index in [0.29, 0.717) is 13.1 Å². The Kier molecular flexibility index (Phi) is 5.69. The van der Waals surface area contributed by atoms with Crippen molar-refractivity contribution in [1.29, 1.82) is 0 Å². The summed E-state index contributed by atoms with van der Waals surface area (Å²) >= 11 is 0. The second-order valence-corrected chi connectivity index (χ2v) is 7.20. The molecule has 2 heterocycles. The largest absolute Gasteiger partial charge is 0.377 e. The minimum Gasteiger partial charge on any atom is -0.377 e. The van der Waals surface area contributed by atoms with Crippen molar-refractivity contribution in [2.75, 3.05) is 26.7 Å². The Balaban J connectivity index is 2.03. The van der Waals surface area contributed by atoms with E-state index < -0.39 is 10.0 Å². The van der Waals surface area contributed by atoms with Crippen LogP contribution in [-0.2, 0) is 21.3 Å². The summed E-state index contributed by atoms with van der Waals surface area (Å²) in [6.07, 6.45) is 3.51. The first-order valence-electron chi connectivity index (χ1n) is 7.27. The summed E-state index contributed by atoms with van der Waals surface area (Å²) in [7, 11) is -1.97. The van der Waals surface area contributed by atoms with E-state index in [-0.39, 0.29) is 11.1 Å². The Morgan fingerprint density at radius 2 is 2.29 bits per heavy atom. The highest BCUT2D eigenvalue weighted by Crippen LogP contribution is 2.17. The number of likely N-dealkylation sites (N-methyl/N-ethyl adjacent to an activating group) is 1. The van der Waals surface area contributed by atoms with Gasteiger partial charge in [0.15, 0.2) is 5.03 Å². The SMILES string of the molecule is CCNCc1ccc(S(=O)(=O)N(C)CC2CCCO2)nc1. The number of pyridine rings is 1. The van der Waals surface area contributed by atoms with Gasteiger partial charge in [-0.05, 0) is 31.0 Å². The lowest BCUT2D eigenvalue weighted by Crippen LogP contribution is -2.34. The summed E-state index contributed by atoms with van der Waals surface area (Å²) in [4.78, 5) is 4.09. The van der Waals surface area contributed by atoms with E-state index in [1.54, 1.807) is 25.4 Å². The predicted molar refractivity (Wildman–Crippen MR) is 80.4 cm³/mol. The molecule has 1 aliphatic heterocycles. The minimum absolute atomic E-state index is 0.00203. The van der Waals surface area contributed by atoms with Crippen LogP contribution in [-0.4, -0.2) is 50.6 Å². The van der Waals surface area contributed by atoms with Crippen LogP contribution in [0.5, 0.6) is 0 Å². The Hall–Kier alpha value is -1.02. The summed E-state index contributed by atoms with van der Waals surface area (Å²) < 4.78 is 31.7. The molecule has 7 heteroatoms. The highest BCUT2D eigenvalue weighted by molar-refractivity contribution is 7.89. The van der Waals surface area contributed by atoms with Crippen LogP contribution in [0.1, 0.15) is 25.3 Å². The molecule has 1 aliphatic rings. The molecule has 1 saturated heterocycles. The van der Waals surface area contributed by atoms with Gasteiger partial charge in [0.1, 0.15) is 0 Å². The van der Waals surface area contributed by atoms with Crippen LogP contribution < -0.4 is 5.32 Å². The van der Waals surface area contributed by atoms with Crippen LogP contribution >= 0.6 is 0 Å². The normalized spacial score (nSPS) is 19.3. The Morgan fingerprint density at radius 1 is 1.48 bits per heavy atom. The van der Waals surface area contributed by atoms with Crippen molar-refractivity contribution in [2.24, 2.45) is 0 Å². The fraction of sp³-hybridized carbons (Fsp3) is 0.643. The Morgan fingerprint density at radius 3 is 2.86 bits per heavy atom. The first-order valence-corrected chi connectivity index (χ1v) is 8.71. The highest BCUT2D eigenvalue weighted by atomic mass is 32.2. The number of rotatable bonds is 7. The Bertz CT molecular complexity index is 539. The van der Waals surface area contributed by atoms with Crippen LogP contribution in [0.25, 0.3) is 0 Å². The maximum absolute atomic E-state index is 12.4. The quantitative estimate of drug-likeness (QED) is 0.813. The average Bonchev–Trinajstić information content (AvgIpc) is 2.98. The fourth-order valence-electron chi connectivity index (χ4n) is 2.27. The van der Waals surface area contributed by atoms with Gasteiger partial charge in [0, 0.05) is 32.9 Å². The minimum atomic E-state index is -3.54. The second kappa shape index (κ2) is 7.31. The van der Waals surface area contributed by atoms with Gasteiger partial charge < -0.3 is 10.1 Å². The molecule has 21 heavy (non-hydrogen) atoms. The van der Waals surface area contributed by atoms with Gasteiger partial charge >= 0.3 is 0 Å². The third-order valence-corrected chi connectivity index (χ3v) is 5.28. The molecular formula is C14H23N3O3S. The maximum Gasteiger partial charge on any atom is 0.260 e. The van der Waals surface area contributed by atoms with Gasteiger partial charge in [-0.15, -0.1) is 0 Å². The third kappa shape index (κ3) is 4.23. The zero-order chi connectivity index (χ0) is 15.3. The summed E-state index contributed by atoms with van der Waals surface area (Å²) in [6.45, 7) is 4.67. The van der Waals surface area contributed by atoms with E-state index in [4.69, 9.17) is 4.74 Å². The molecule has 1 N–H and O–H groups in total. The molecule has 0 amide bonds. The number of ether oxygens (including phenoxy) is 1. The van der Waals surface area contributed by atoms with Crippen LogP contribution in [0.4, 0.5) is 0 Å². The number of hydrogen-bond acceptors (Lipinski definition) is 5. The molecule has 118 valence electrons. The van der Waals surface area contributed by atoms with Crippen LogP contribution in [0, 0.1) is 0 Å². The molecule has 6 nitrogen and oxygen atoms in total. The summed E-state index contributed by atoms with van der Waals surface area (Å²) in [6, 6.07) is 3.36. The zero-order valence-corrected chi connectivity index (χ0v) is 13.4. The van der Waals surface area contributed by atoms with Gasteiger partial charge in [-0.1, -0.05) is 13.0 Å². The molecule has 0 radical (unpaired) electrons. The molecule has 1 unspecified atom stereocenters. The molecule has 0 spiro atoms. The summed E-state index contributed by atoms with van der Waals surface area (Å²) in [5.74, 6) is 0. The fourth-order valence-corrected chi connectivity index (χ4v) is 3.38. The first-order chi connectivity index (χ1) is 10.0. The average molecular weight is 313 g/mol. The number of nitrogens with one attached hydrogen (secondary N) is 1. The van der Waals surface area contributed by atoms with Gasteiger partial charge in [-0.25, -0.2) is 13.4 Å². The first kappa shape index (κ1) is 16.4. The van der Waals surface area contributed by atoms with Gasteiger partial charge in [0.25, 0.3) is 10.0 Å². The van der Waals surface area contributed by atoms with Crippen LogP contribution in [0.15, 0.2) is 23.4 Å². The van der Waals surface area contributed by atoms with E-state index in [9.17, 15) is 8.42 Å². The molecule has 0 saturated carbocycles. The van der Waals surface area contributed by atoms with Crippen LogP contribution in [0.2, 0.25) is 0 Å². The summed E-state index contributed by atoms with van der Waals surface area (Å²) in [5.41, 5.74) is 0.970. The van der Waals surface area contributed by atoms with E-state index in [0.717, 1.165) is 31.6 Å². The van der Waals surface area contributed by atoms with E-state index in [1.165, 1.54) is 4.31 Å². The molecule has 0 aliphatic carbocycles. The summed E-state index contributed by atoms with van der Waals surface area (Å²) in [5, 5.41) is 3.26. The molecule has 1 atom stereocenters. The van der Waals surface area contributed by atoms with Crippen molar-refractivity contribution in [3.63, 3.8) is 0 Å². The number of hydrogen-bond donors (Lipinski definition) is 1. The number of aromatic nitrogens is 1. The number of nitrogens with zero attached hydrogens (tertiary/aromatic N) is 2. The van der Waals surface area contributed by atoms with Crippen LogP contribution in [0.3, 0.4) is 0 Å². The Labute approximate surface area is 126 Å². The topological polar surface area (TPSA) is 71.5 Å². The van der Waals surface area contributed by atoms with Gasteiger partial charge in [-0.3, -0.25) is 0 Å². The lowest BCUT2D eigenvalue weighted by molar-refractivity contribution is 0.0978. The van der Waals surface area contributed by atoms with Crippen molar-refractivity contribution < 1.29 is 13.2 Å². The maximum atomic E-state index is 12.4. The lowest BCUT2D eigenvalue weighted by Gasteiger charge is -2.20. The molecule has 1 fully saturated rings. The zero-order valence-electron chi connectivity index (χ0n) is 12.6. The monoisotopic (exact) mass is 313 g/mol. The van der Waals surface area contributed by atoms with E-state index in [1.807, 2.05) is 6.92 Å². The van der Waals surface area contributed by atoms with Crippen molar-refractivity contribution in [3.05, 3.63) is 23.9 Å². The molecule has 2 rings (SSSR count). The molecular weight excluding hydrogens is 290 g/mol.